The molecule has 3 heterocycles. The molecule has 4 rings (SSSR count). The molecule has 2 aromatic rings. The topological polar surface area (TPSA) is 90.4 Å². The predicted octanol–water partition coefficient (Wildman–Crippen LogP) is 2.36. The van der Waals surface area contributed by atoms with Crippen molar-refractivity contribution in [1.82, 2.24) is 15.5 Å². The molecule has 24 heavy (non-hydrogen) atoms. The molecule has 1 N–H and O–H groups in total. The van der Waals surface area contributed by atoms with E-state index in [-0.39, 0.29) is 29.7 Å². The van der Waals surface area contributed by atoms with Crippen molar-refractivity contribution >= 4 is 5.91 Å². The Morgan fingerprint density at radius 1 is 1.38 bits per heavy atom. The highest BCUT2D eigenvalue weighted by molar-refractivity contribution is 5.83. The number of rotatable bonds is 5. The second-order valence-corrected chi connectivity index (χ2v) is 6.58. The van der Waals surface area contributed by atoms with E-state index in [9.17, 15) is 4.79 Å². The van der Waals surface area contributed by atoms with Gasteiger partial charge in [-0.25, -0.2) is 0 Å². The minimum Gasteiger partial charge on any atom is -0.469 e. The van der Waals surface area contributed by atoms with Crippen LogP contribution < -0.4 is 5.32 Å². The highest BCUT2D eigenvalue weighted by Gasteiger charge is 2.47. The van der Waals surface area contributed by atoms with Crippen molar-refractivity contribution in [3.05, 3.63) is 35.9 Å². The molecule has 0 unspecified atom stereocenters. The first-order chi connectivity index (χ1) is 11.7. The molecule has 1 aliphatic carbocycles. The van der Waals surface area contributed by atoms with Crippen LogP contribution in [0.3, 0.4) is 0 Å². The van der Waals surface area contributed by atoms with Crippen LogP contribution >= 0.6 is 0 Å². The molecule has 2 aromatic heterocycles. The summed E-state index contributed by atoms with van der Waals surface area (Å²) in [5.74, 6) is 2.37. The van der Waals surface area contributed by atoms with E-state index in [0.717, 1.165) is 25.0 Å². The van der Waals surface area contributed by atoms with E-state index in [1.54, 1.807) is 13.2 Å². The van der Waals surface area contributed by atoms with Crippen LogP contribution in [0.15, 0.2) is 27.3 Å². The lowest BCUT2D eigenvalue weighted by Crippen LogP contribution is -2.37. The van der Waals surface area contributed by atoms with E-state index < -0.39 is 0 Å². The first kappa shape index (κ1) is 15.4. The first-order valence-corrected chi connectivity index (χ1v) is 8.44. The zero-order valence-corrected chi connectivity index (χ0v) is 13.6. The molecule has 128 valence electrons. The number of carbonyl (C=O) groups excluding carboxylic acids is 1. The molecule has 0 radical (unpaired) electrons. The Hall–Kier alpha value is -2.15. The highest BCUT2D eigenvalue weighted by Crippen LogP contribution is 2.48. The van der Waals surface area contributed by atoms with Gasteiger partial charge in [0.05, 0.1) is 6.26 Å². The molecule has 1 saturated heterocycles. The lowest BCUT2D eigenvalue weighted by atomic mass is 9.91. The molecule has 2 aliphatic rings. The number of hydrogen-bond acceptors (Lipinski definition) is 6. The number of aromatic nitrogens is 2. The molecule has 2 fully saturated rings. The van der Waals surface area contributed by atoms with Crippen LogP contribution in [0.2, 0.25) is 0 Å². The monoisotopic (exact) mass is 331 g/mol. The molecule has 1 aliphatic heterocycles. The smallest absolute Gasteiger partial charge is 0.249 e. The van der Waals surface area contributed by atoms with Crippen molar-refractivity contribution in [3.8, 4) is 0 Å². The van der Waals surface area contributed by atoms with Gasteiger partial charge in [0, 0.05) is 25.0 Å². The minimum absolute atomic E-state index is 0.0312. The number of aryl methyl sites for hydroxylation is 1. The maximum atomic E-state index is 12.7. The van der Waals surface area contributed by atoms with Crippen molar-refractivity contribution in [2.75, 3.05) is 13.2 Å². The van der Waals surface area contributed by atoms with Crippen molar-refractivity contribution in [3.63, 3.8) is 0 Å². The average Bonchev–Trinajstić information content (AvgIpc) is 3.01. The van der Waals surface area contributed by atoms with E-state index >= 15 is 0 Å². The minimum atomic E-state index is -0.250. The van der Waals surface area contributed by atoms with Gasteiger partial charge in [-0.15, -0.1) is 0 Å². The molecular formula is C17H21N3O4. The van der Waals surface area contributed by atoms with E-state index in [2.05, 4.69) is 15.5 Å². The van der Waals surface area contributed by atoms with Crippen LogP contribution in [0.4, 0.5) is 0 Å². The van der Waals surface area contributed by atoms with Gasteiger partial charge in [-0.2, -0.15) is 4.98 Å². The van der Waals surface area contributed by atoms with Gasteiger partial charge in [0.1, 0.15) is 11.8 Å². The van der Waals surface area contributed by atoms with Crippen LogP contribution in [0.25, 0.3) is 0 Å². The number of furan rings is 1. The predicted molar refractivity (Wildman–Crippen MR) is 83.0 cm³/mol. The van der Waals surface area contributed by atoms with E-state index in [0.29, 0.717) is 24.9 Å². The van der Waals surface area contributed by atoms with Crippen LogP contribution in [-0.2, 0) is 9.53 Å². The molecule has 1 amide bonds. The Morgan fingerprint density at radius 2 is 2.21 bits per heavy atom. The Labute approximate surface area is 139 Å². The van der Waals surface area contributed by atoms with Crippen LogP contribution in [0.5, 0.6) is 0 Å². The summed E-state index contributed by atoms with van der Waals surface area (Å²) in [6.45, 7) is 3.18. The van der Waals surface area contributed by atoms with Crippen LogP contribution in [0, 0.1) is 18.8 Å². The van der Waals surface area contributed by atoms with Crippen molar-refractivity contribution in [1.29, 1.82) is 0 Å². The third-order valence-corrected chi connectivity index (χ3v) is 4.88. The van der Waals surface area contributed by atoms with Gasteiger partial charge in [-0.05, 0) is 44.2 Å². The highest BCUT2D eigenvalue weighted by atomic mass is 16.5. The summed E-state index contributed by atoms with van der Waals surface area (Å²) in [6, 6.07) is 3.53. The molecule has 1 saturated carbocycles. The van der Waals surface area contributed by atoms with Gasteiger partial charge in [-0.3, -0.25) is 4.79 Å². The van der Waals surface area contributed by atoms with Gasteiger partial charge in [-0.1, -0.05) is 5.16 Å². The summed E-state index contributed by atoms with van der Waals surface area (Å²) in [5.41, 5.74) is 0. The van der Waals surface area contributed by atoms with Gasteiger partial charge < -0.3 is 19.0 Å². The molecular weight excluding hydrogens is 310 g/mol. The lowest BCUT2D eigenvalue weighted by Gasteiger charge is -2.28. The number of nitrogens with one attached hydrogen (secondary N) is 1. The van der Waals surface area contributed by atoms with Gasteiger partial charge in [0.2, 0.25) is 11.8 Å². The zero-order chi connectivity index (χ0) is 16.5. The molecule has 0 bridgehead atoms. The fourth-order valence-electron chi connectivity index (χ4n) is 3.43. The van der Waals surface area contributed by atoms with Gasteiger partial charge in [0.25, 0.3) is 0 Å². The Morgan fingerprint density at radius 3 is 2.88 bits per heavy atom. The van der Waals surface area contributed by atoms with Gasteiger partial charge in [0.15, 0.2) is 5.82 Å². The number of hydrogen-bond donors (Lipinski definition) is 1. The third kappa shape index (κ3) is 3.08. The summed E-state index contributed by atoms with van der Waals surface area (Å²) in [6.07, 6.45) is 4.22. The maximum Gasteiger partial charge on any atom is 0.249 e. The molecule has 3 atom stereocenters. The second kappa shape index (κ2) is 6.39. The number of carbonyl (C=O) groups is 1. The lowest BCUT2D eigenvalue weighted by molar-refractivity contribution is -0.124. The number of ether oxygens (including phenoxy) is 1. The normalized spacial score (nSPS) is 25.4. The number of nitrogens with zero attached hydrogens (tertiary/aromatic N) is 2. The van der Waals surface area contributed by atoms with Crippen molar-refractivity contribution < 1.29 is 18.5 Å². The average molecular weight is 331 g/mol. The Kier molecular flexibility index (Phi) is 4.10. The zero-order valence-electron chi connectivity index (χ0n) is 13.6. The standard InChI is InChI=1S/C17H21N3O4/c1-10-18-17(24-20-10)15(11-4-7-22-8-5-11)19-16(21)13-9-12(13)14-3-2-6-23-14/h2-3,6,11-13,15H,4-5,7-9H2,1H3,(H,19,21)/t12-,13-,15+/m0/s1. The maximum absolute atomic E-state index is 12.7. The van der Waals surface area contributed by atoms with Crippen molar-refractivity contribution in [2.45, 2.75) is 38.1 Å². The largest absolute Gasteiger partial charge is 0.469 e. The molecule has 7 heteroatoms. The fraction of sp³-hybridized carbons (Fsp3) is 0.588. The van der Waals surface area contributed by atoms with E-state index in [1.807, 2.05) is 12.1 Å². The quantitative estimate of drug-likeness (QED) is 0.904. The van der Waals surface area contributed by atoms with Crippen LogP contribution in [-0.4, -0.2) is 29.3 Å². The third-order valence-electron chi connectivity index (χ3n) is 4.88. The summed E-state index contributed by atoms with van der Waals surface area (Å²) in [4.78, 5) is 17.0. The molecule has 7 nitrogen and oxygen atoms in total. The molecule has 0 spiro atoms. The Bertz CT molecular complexity index is 691. The number of amides is 1. The van der Waals surface area contributed by atoms with E-state index in [1.165, 1.54) is 0 Å². The summed E-state index contributed by atoms with van der Waals surface area (Å²) >= 11 is 0. The summed E-state index contributed by atoms with van der Waals surface area (Å²) in [7, 11) is 0. The first-order valence-electron chi connectivity index (χ1n) is 8.44. The SMILES string of the molecule is Cc1noc([C@H](NC(=O)[C@H]2C[C@@H]2c2ccco2)C2CCOCC2)n1. The Balaban J connectivity index is 1.46. The summed E-state index contributed by atoms with van der Waals surface area (Å²) < 4.78 is 16.2. The molecule has 0 aromatic carbocycles. The second-order valence-electron chi connectivity index (χ2n) is 6.58. The summed E-state index contributed by atoms with van der Waals surface area (Å²) in [5, 5.41) is 7.01. The van der Waals surface area contributed by atoms with Crippen LogP contribution in [0.1, 0.15) is 48.7 Å². The van der Waals surface area contributed by atoms with E-state index in [4.69, 9.17) is 13.7 Å². The van der Waals surface area contributed by atoms with Crippen molar-refractivity contribution in [2.24, 2.45) is 11.8 Å². The van der Waals surface area contributed by atoms with Gasteiger partial charge >= 0.3 is 0 Å². The fourth-order valence-corrected chi connectivity index (χ4v) is 3.43.